The van der Waals surface area contributed by atoms with Crippen LogP contribution in [-0.2, 0) is 0 Å². The van der Waals surface area contributed by atoms with Crippen LogP contribution in [0.1, 0.15) is 28.8 Å². The van der Waals surface area contributed by atoms with Gasteiger partial charge in [0.25, 0.3) is 11.6 Å². The number of hydrogen-bond donors (Lipinski definition) is 0. The maximum atomic E-state index is 13.9. The fraction of sp³-hybridized carbons (Fsp3) is 0.417. The molecule has 0 saturated carbocycles. The number of aryl methyl sites for hydroxylation is 1. The van der Waals surface area contributed by atoms with E-state index in [1.807, 2.05) is 0 Å². The van der Waals surface area contributed by atoms with Crippen molar-refractivity contribution in [2.75, 3.05) is 13.1 Å². The molecule has 0 spiro atoms. The quantitative estimate of drug-likeness (QED) is 0.599. The van der Waals surface area contributed by atoms with Crippen molar-refractivity contribution in [3.63, 3.8) is 0 Å². The van der Waals surface area contributed by atoms with Gasteiger partial charge < -0.3 is 4.90 Å². The second-order valence-electron chi connectivity index (χ2n) is 4.38. The summed E-state index contributed by atoms with van der Waals surface area (Å²) in [5.74, 6) is -1.13. The van der Waals surface area contributed by atoms with Gasteiger partial charge in [0.15, 0.2) is 0 Å². The maximum absolute atomic E-state index is 13.9. The van der Waals surface area contributed by atoms with Crippen molar-refractivity contribution in [3.8, 4) is 0 Å². The molecule has 1 aliphatic heterocycles. The van der Waals surface area contributed by atoms with Gasteiger partial charge in [-0.1, -0.05) is 0 Å². The molecular weight excluding hydrogens is 239 g/mol. The van der Waals surface area contributed by atoms with E-state index in [1.54, 1.807) is 0 Å². The summed E-state index contributed by atoms with van der Waals surface area (Å²) in [6.07, 6.45) is 1.78. The van der Waals surface area contributed by atoms with Crippen molar-refractivity contribution >= 4 is 11.6 Å². The number of hydrogen-bond acceptors (Lipinski definition) is 3. The number of amides is 1. The molecule has 5 nitrogen and oxygen atoms in total. The van der Waals surface area contributed by atoms with E-state index < -0.39 is 16.6 Å². The largest absolute Gasteiger partial charge is 0.339 e. The van der Waals surface area contributed by atoms with Crippen molar-refractivity contribution < 1.29 is 14.1 Å². The first kappa shape index (κ1) is 12.5. The van der Waals surface area contributed by atoms with E-state index in [2.05, 4.69) is 0 Å². The van der Waals surface area contributed by atoms with Gasteiger partial charge in [-0.2, -0.15) is 0 Å². The fourth-order valence-corrected chi connectivity index (χ4v) is 2.10. The molecule has 1 heterocycles. The molecule has 1 aromatic rings. The highest BCUT2D eigenvalue weighted by molar-refractivity contribution is 5.95. The van der Waals surface area contributed by atoms with Crippen molar-refractivity contribution in [3.05, 3.63) is 39.2 Å². The molecule has 0 bridgehead atoms. The molecule has 0 atom stereocenters. The molecule has 6 heteroatoms. The Balaban J connectivity index is 2.42. The predicted octanol–water partition coefficient (Wildman–Crippen LogP) is 2.28. The summed E-state index contributed by atoms with van der Waals surface area (Å²) in [6, 6.07) is 2.15. The van der Waals surface area contributed by atoms with Crippen LogP contribution in [0.25, 0.3) is 0 Å². The Bertz CT molecular complexity index is 510. The molecule has 0 aliphatic carbocycles. The summed E-state index contributed by atoms with van der Waals surface area (Å²) in [5, 5.41) is 10.7. The van der Waals surface area contributed by atoms with E-state index >= 15 is 0 Å². The lowest BCUT2D eigenvalue weighted by Crippen LogP contribution is -2.28. The van der Waals surface area contributed by atoms with Gasteiger partial charge in [-0.3, -0.25) is 14.9 Å². The third-order valence-corrected chi connectivity index (χ3v) is 3.07. The molecule has 2 rings (SSSR count). The number of carbonyl (C=O) groups excluding carboxylic acids is 1. The Morgan fingerprint density at radius 1 is 1.39 bits per heavy atom. The smallest absolute Gasteiger partial charge is 0.270 e. The zero-order chi connectivity index (χ0) is 13.3. The number of nitrogens with zero attached hydrogens (tertiary/aromatic N) is 2. The minimum atomic E-state index is -0.669. The number of likely N-dealkylation sites (tertiary alicyclic amines) is 1. The van der Waals surface area contributed by atoms with E-state index in [0.29, 0.717) is 13.1 Å². The molecule has 0 aromatic heterocycles. The van der Waals surface area contributed by atoms with Gasteiger partial charge in [0.05, 0.1) is 10.5 Å². The number of benzene rings is 1. The Kier molecular flexibility index (Phi) is 3.27. The molecule has 1 aromatic carbocycles. The summed E-state index contributed by atoms with van der Waals surface area (Å²) in [5.41, 5.74) is -0.341. The van der Waals surface area contributed by atoms with E-state index in [0.717, 1.165) is 25.0 Å². The third-order valence-electron chi connectivity index (χ3n) is 3.07. The first-order valence-corrected chi connectivity index (χ1v) is 5.74. The van der Waals surface area contributed by atoms with Gasteiger partial charge in [0.2, 0.25) is 0 Å². The zero-order valence-electron chi connectivity index (χ0n) is 9.98. The molecule has 0 radical (unpaired) electrons. The molecular formula is C12H13FN2O3. The van der Waals surface area contributed by atoms with Crippen LogP contribution in [0, 0.1) is 22.9 Å². The Morgan fingerprint density at radius 3 is 2.56 bits per heavy atom. The van der Waals surface area contributed by atoms with Gasteiger partial charge in [0, 0.05) is 25.2 Å². The second-order valence-corrected chi connectivity index (χ2v) is 4.38. The minimum absolute atomic E-state index is 0.117. The fourth-order valence-electron chi connectivity index (χ4n) is 2.10. The SMILES string of the molecule is Cc1cc([N+](=O)[O-])cc(C(=O)N2CCCC2)c1F. The number of rotatable bonds is 2. The molecule has 18 heavy (non-hydrogen) atoms. The number of carbonyl (C=O) groups is 1. The van der Waals surface area contributed by atoms with Crippen LogP contribution in [0.15, 0.2) is 12.1 Å². The highest BCUT2D eigenvalue weighted by atomic mass is 19.1. The topological polar surface area (TPSA) is 63.5 Å². The first-order chi connectivity index (χ1) is 8.50. The summed E-state index contributed by atoms with van der Waals surface area (Å²) in [4.78, 5) is 23.7. The van der Waals surface area contributed by atoms with Gasteiger partial charge in [-0.15, -0.1) is 0 Å². The van der Waals surface area contributed by atoms with Crippen LogP contribution in [0.2, 0.25) is 0 Å². The van der Waals surface area contributed by atoms with Crippen molar-refractivity contribution in [1.82, 2.24) is 4.90 Å². The molecule has 1 fully saturated rings. The lowest BCUT2D eigenvalue weighted by Gasteiger charge is -2.16. The van der Waals surface area contributed by atoms with Crippen LogP contribution in [0.5, 0.6) is 0 Å². The number of halogens is 1. The van der Waals surface area contributed by atoms with Gasteiger partial charge in [0.1, 0.15) is 5.82 Å². The Labute approximate surface area is 103 Å². The molecule has 1 saturated heterocycles. The van der Waals surface area contributed by atoms with E-state index in [1.165, 1.54) is 11.8 Å². The van der Waals surface area contributed by atoms with Crippen LogP contribution < -0.4 is 0 Å². The van der Waals surface area contributed by atoms with Gasteiger partial charge in [-0.25, -0.2) is 4.39 Å². The van der Waals surface area contributed by atoms with Crippen LogP contribution >= 0.6 is 0 Å². The second kappa shape index (κ2) is 4.72. The van der Waals surface area contributed by atoms with Gasteiger partial charge >= 0.3 is 0 Å². The molecule has 1 aliphatic rings. The number of nitro benzene ring substituents is 1. The summed E-state index contributed by atoms with van der Waals surface area (Å²) >= 11 is 0. The van der Waals surface area contributed by atoms with Crippen LogP contribution in [0.3, 0.4) is 0 Å². The Hall–Kier alpha value is -1.98. The van der Waals surface area contributed by atoms with Crippen molar-refractivity contribution in [1.29, 1.82) is 0 Å². The predicted molar refractivity (Wildman–Crippen MR) is 62.9 cm³/mol. The minimum Gasteiger partial charge on any atom is -0.339 e. The third kappa shape index (κ3) is 2.18. The van der Waals surface area contributed by atoms with Crippen molar-refractivity contribution in [2.24, 2.45) is 0 Å². The van der Waals surface area contributed by atoms with E-state index in [4.69, 9.17) is 0 Å². The lowest BCUT2D eigenvalue weighted by molar-refractivity contribution is -0.385. The number of non-ortho nitro benzene ring substituents is 1. The molecule has 96 valence electrons. The highest BCUT2D eigenvalue weighted by Gasteiger charge is 2.25. The summed E-state index contributed by atoms with van der Waals surface area (Å²) in [6.45, 7) is 2.59. The van der Waals surface area contributed by atoms with Crippen LogP contribution in [-0.4, -0.2) is 28.8 Å². The Morgan fingerprint density at radius 2 is 2.00 bits per heavy atom. The molecule has 0 unspecified atom stereocenters. The van der Waals surface area contributed by atoms with Crippen LogP contribution in [0.4, 0.5) is 10.1 Å². The maximum Gasteiger partial charge on any atom is 0.270 e. The van der Waals surface area contributed by atoms with Gasteiger partial charge in [-0.05, 0) is 25.3 Å². The number of nitro groups is 1. The average molecular weight is 252 g/mol. The highest BCUT2D eigenvalue weighted by Crippen LogP contribution is 2.23. The summed E-state index contributed by atoms with van der Waals surface area (Å²) in [7, 11) is 0. The van der Waals surface area contributed by atoms with E-state index in [-0.39, 0.29) is 16.8 Å². The standard InChI is InChI=1S/C12H13FN2O3/c1-8-6-9(15(17)18)7-10(11(8)13)12(16)14-4-2-3-5-14/h6-7H,2-5H2,1H3. The average Bonchev–Trinajstić information content (AvgIpc) is 2.85. The molecule has 1 amide bonds. The lowest BCUT2D eigenvalue weighted by atomic mass is 10.1. The first-order valence-electron chi connectivity index (χ1n) is 5.74. The normalized spacial score (nSPS) is 14.9. The summed E-state index contributed by atoms with van der Waals surface area (Å²) < 4.78 is 13.9. The zero-order valence-corrected chi connectivity index (χ0v) is 9.98. The molecule has 0 N–H and O–H groups in total. The van der Waals surface area contributed by atoms with Crippen molar-refractivity contribution in [2.45, 2.75) is 19.8 Å². The monoisotopic (exact) mass is 252 g/mol. The van der Waals surface area contributed by atoms with E-state index in [9.17, 15) is 19.3 Å².